The highest BCUT2D eigenvalue weighted by Gasteiger charge is 2.37. The lowest BCUT2D eigenvalue weighted by Gasteiger charge is -2.41. The summed E-state index contributed by atoms with van der Waals surface area (Å²) in [6, 6.07) is 6.95. The maximum Gasteiger partial charge on any atom is 0.306 e. The Bertz CT molecular complexity index is 476. The molecule has 0 aromatic heterocycles. The van der Waals surface area contributed by atoms with Crippen molar-refractivity contribution in [1.82, 2.24) is 0 Å². The number of anilines is 1. The Hall–Kier alpha value is -1.51. The van der Waals surface area contributed by atoms with Crippen molar-refractivity contribution in [2.45, 2.75) is 45.6 Å². The summed E-state index contributed by atoms with van der Waals surface area (Å²) < 4.78 is 0. The first-order valence-electron chi connectivity index (χ1n) is 6.96. The molecule has 19 heavy (non-hydrogen) atoms. The lowest BCUT2D eigenvalue weighted by Crippen LogP contribution is -2.45. The topological polar surface area (TPSA) is 40.5 Å². The van der Waals surface area contributed by atoms with Crippen LogP contribution >= 0.6 is 0 Å². The Morgan fingerprint density at radius 3 is 2.53 bits per heavy atom. The average Bonchev–Trinajstić information content (AvgIpc) is 2.26. The third kappa shape index (κ3) is 2.75. The predicted octanol–water partition coefficient (Wildman–Crippen LogP) is 3.42. The molecular weight excluding hydrogens is 238 g/mol. The number of carboxylic acids is 1. The Kier molecular flexibility index (Phi) is 3.83. The van der Waals surface area contributed by atoms with Crippen LogP contribution < -0.4 is 4.90 Å². The van der Waals surface area contributed by atoms with E-state index in [2.05, 4.69) is 50.9 Å². The standard InChI is InChI=1S/C16H23NO2/c1-10(2)12-6-5-11(3)15(9-12)17(4)14-7-13(8-14)16(18)19/h5-6,9-10,13-14H,7-8H2,1-4H3,(H,18,19). The summed E-state index contributed by atoms with van der Waals surface area (Å²) in [6.07, 6.45) is 1.52. The molecular formula is C16H23NO2. The molecule has 2 rings (SSSR count). The molecule has 0 atom stereocenters. The molecule has 0 spiro atoms. The largest absolute Gasteiger partial charge is 0.481 e. The molecule has 1 N–H and O–H groups in total. The lowest BCUT2D eigenvalue weighted by molar-refractivity contribution is -0.145. The van der Waals surface area contributed by atoms with Gasteiger partial charge in [-0.25, -0.2) is 0 Å². The quantitative estimate of drug-likeness (QED) is 0.903. The van der Waals surface area contributed by atoms with Crippen LogP contribution in [0.3, 0.4) is 0 Å². The fourth-order valence-corrected chi connectivity index (χ4v) is 2.67. The molecule has 0 amide bonds. The first-order chi connectivity index (χ1) is 8.90. The first-order valence-corrected chi connectivity index (χ1v) is 6.96. The zero-order valence-corrected chi connectivity index (χ0v) is 12.2. The van der Waals surface area contributed by atoms with Crippen LogP contribution in [0.2, 0.25) is 0 Å². The van der Waals surface area contributed by atoms with E-state index in [0.29, 0.717) is 12.0 Å². The van der Waals surface area contributed by atoms with Gasteiger partial charge in [0.05, 0.1) is 5.92 Å². The normalized spacial score (nSPS) is 22.2. The second kappa shape index (κ2) is 5.24. The van der Waals surface area contributed by atoms with E-state index < -0.39 is 5.97 Å². The Balaban J connectivity index is 2.13. The number of nitrogens with zero attached hydrogens (tertiary/aromatic N) is 1. The van der Waals surface area contributed by atoms with Crippen LogP contribution in [0.5, 0.6) is 0 Å². The van der Waals surface area contributed by atoms with Gasteiger partial charge in [-0.05, 0) is 42.9 Å². The van der Waals surface area contributed by atoms with Crippen LogP contribution in [0.25, 0.3) is 0 Å². The van der Waals surface area contributed by atoms with Gasteiger partial charge in [-0.2, -0.15) is 0 Å². The monoisotopic (exact) mass is 261 g/mol. The van der Waals surface area contributed by atoms with Crippen LogP contribution in [0, 0.1) is 12.8 Å². The molecule has 1 saturated carbocycles. The second-order valence-corrected chi connectivity index (χ2v) is 5.97. The third-order valence-electron chi connectivity index (χ3n) is 4.29. The van der Waals surface area contributed by atoms with Gasteiger partial charge in [0, 0.05) is 18.8 Å². The number of hydrogen-bond acceptors (Lipinski definition) is 2. The fourth-order valence-electron chi connectivity index (χ4n) is 2.67. The minimum Gasteiger partial charge on any atom is -0.481 e. The van der Waals surface area contributed by atoms with Gasteiger partial charge in [0.2, 0.25) is 0 Å². The molecule has 1 aliphatic carbocycles. The molecule has 0 radical (unpaired) electrons. The van der Waals surface area contributed by atoms with Crippen molar-refractivity contribution in [3.63, 3.8) is 0 Å². The maximum atomic E-state index is 10.9. The zero-order valence-electron chi connectivity index (χ0n) is 12.2. The van der Waals surface area contributed by atoms with Gasteiger partial charge in [-0.1, -0.05) is 26.0 Å². The van der Waals surface area contributed by atoms with Crippen molar-refractivity contribution in [2.24, 2.45) is 5.92 Å². The molecule has 0 heterocycles. The van der Waals surface area contributed by atoms with Crippen LogP contribution in [-0.2, 0) is 4.79 Å². The summed E-state index contributed by atoms with van der Waals surface area (Å²) >= 11 is 0. The number of aliphatic carboxylic acids is 1. The summed E-state index contributed by atoms with van der Waals surface area (Å²) in [6.45, 7) is 6.50. The van der Waals surface area contributed by atoms with E-state index in [1.807, 2.05) is 0 Å². The van der Waals surface area contributed by atoms with Gasteiger partial charge in [0.25, 0.3) is 0 Å². The van der Waals surface area contributed by atoms with Crippen molar-refractivity contribution >= 4 is 11.7 Å². The SMILES string of the molecule is Cc1ccc(C(C)C)cc1N(C)C1CC(C(=O)O)C1. The van der Waals surface area contributed by atoms with E-state index in [4.69, 9.17) is 5.11 Å². The molecule has 1 aromatic rings. The Morgan fingerprint density at radius 1 is 1.37 bits per heavy atom. The maximum absolute atomic E-state index is 10.9. The molecule has 0 saturated heterocycles. The number of rotatable bonds is 4. The van der Waals surface area contributed by atoms with Gasteiger partial charge in [-0.15, -0.1) is 0 Å². The van der Waals surface area contributed by atoms with E-state index in [1.54, 1.807) is 0 Å². The molecule has 0 bridgehead atoms. The molecule has 3 nitrogen and oxygen atoms in total. The molecule has 1 aliphatic rings. The van der Waals surface area contributed by atoms with Crippen molar-refractivity contribution < 1.29 is 9.90 Å². The Morgan fingerprint density at radius 2 is 2.00 bits per heavy atom. The van der Waals surface area contributed by atoms with E-state index in [-0.39, 0.29) is 5.92 Å². The lowest BCUT2D eigenvalue weighted by atomic mass is 9.79. The predicted molar refractivity (Wildman–Crippen MR) is 77.8 cm³/mol. The van der Waals surface area contributed by atoms with E-state index in [0.717, 1.165) is 12.8 Å². The summed E-state index contributed by atoms with van der Waals surface area (Å²) in [5.74, 6) is -0.292. The van der Waals surface area contributed by atoms with Crippen LogP contribution in [0.15, 0.2) is 18.2 Å². The average molecular weight is 261 g/mol. The van der Waals surface area contributed by atoms with Gasteiger partial charge in [0.1, 0.15) is 0 Å². The molecule has 104 valence electrons. The number of carboxylic acid groups (broad SMARTS) is 1. The minimum absolute atomic E-state index is 0.152. The van der Waals surface area contributed by atoms with Crippen LogP contribution in [0.1, 0.15) is 43.7 Å². The highest BCUT2D eigenvalue weighted by molar-refractivity contribution is 5.72. The number of hydrogen-bond donors (Lipinski definition) is 1. The van der Waals surface area contributed by atoms with Gasteiger partial charge in [-0.3, -0.25) is 4.79 Å². The van der Waals surface area contributed by atoms with Crippen LogP contribution in [-0.4, -0.2) is 24.2 Å². The third-order valence-corrected chi connectivity index (χ3v) is 4.29. The van der Waals surface area contributed by atoms with Gasteiger partial charge in [0.15, 0.2) is 0 Å². The summed E-state index contributed by atoms with van der Waals surface area (Å²) in [4.78, 5) is 13.1. The van der Waals surface area contributed by atoms with Crippen LogP contribution in [0.4, 0.5) is 5.69 Å². The molecule has 0 unspecified atom stereocenters. The number of aryl methyl sites for hydroxylation is 1. The summed E-state index contributed by atoms with van der Waals surface area (Å²) in [7, 11) is 2.08. The van der Waals surface area contributed by atoms with E-state index in [1.165, 1.54) is 16.8 Å². The van der Waals surface area contributed by atoms with Crippen molar-refractivity contribution in [2.75, 3.05) is 11.9 Å². The highest BCUT2D eigenvalue weighted by Crippen LogP contribution is 2.35. The Labute approximate surface area is 115 Å². The summed E-state index contributed by atoms with van der Waals surface area (Å²) in [5, 5.41) is 8.96. The highest BCUT2D eigenvalue weighted by atomic mass is 16.4. The first kappa shape index (κ1) is 13.9. The van der Waals surface area contributed by atoms with Crippen molar-refractivity contribution in [3.8, 4) is 0 Å². The minimum atomic E-state index is -0.655. The fraction of sp³-hybridized carbons (Fsp3) is 0.562. The van der Waals surface area contributed by atoms with E-state index in [9.17, 15) is 4.79 Å². The van der Waals surface area contributed by atoms with Gasteiger partial charge >= 0.3 is 5.97 Å². The van der Waals surface area contributed by atoms with E-state index >= 15 is 0 Å². The second-order valence-electron chi connectivity index (χ2n) is 5.97. The molecule has 3 heteroatoms. The van der Waals surface area contributed by atoms with Gasteiger partial charge < -0.3 is 10.0 Å². The smallest absolute Gasteiger partial charge is 0.306 e. The molecule has 0 aliphatic heterocycles. The molecule has 1 fully saturated rings. The van der Waals surface area contributed by atoms with Crippen molar-refractivity contribution in [3.05, 3.63) is 29.3 Å². The van der Waals surface area contributed by atoms with Crippen molar-refractivity contribution in [1.29, 1.82) is 0 Å². The summed E-state index contributed by atoms with van der Waals surface area (Å²) in [5.41, 5.74) is 3.83. The molecule has 1 aromatic carbocycles. The zero-order chi connectivity index (χ0) is 14.2. The number of benzene rings is 1. The number of carbonyl (C=O) groups is 1.